The van der Waals surface area contributed by atoms with Crippen molar-refractivity contribution in [1.82, 2.24) is 14.5 Å². The highest BCUT2D eigenvalue weighted by molar-refractivity contribution is 5.94. The zero-order valence-electron chi connectivity index (χ0n) is 14.1. The molecule has 3 rings (SSSR count). The van der Waals surface area contributed by atoms with Gasteiger partial charge in [-0.15, -0.1) is 0 Å². The molecule has 0 radical (unpaired) electrons. The molecule has 3 aromatic rings. The van der Waals surface area contributed by atoms with Crippen LogP contribution in [0.15, 0.2) is 33.9 Å². The minimum absolute atomic E-state index is 0.0415. The lowest BCUT2D eigenvalue weighted by atomic mass is 9.92. The van der Waals surface area contributed by atoms with E-state index < -0.39 is 17.1 Å². The van der Waals surface area contributed by atoms with Gasteiger partial charge in [-0.3, -0.25) is 14.3 Å². The number of aliphatic hydroxyl groups is 1. The van der Waals surface area contributed by atoms with E-state index in [1.54, 1.807) is 0 Å². The van der Waals surface area contributed by atoms with Crippen LogP contribution >= 0.6 is 0 Å². The Labute approximate surface area is 142 Å². The number of nitrogens with one attached hydrogen (secondary N) is 1. The molecule has 0 bridgehead atoms. The maximum atomic E-state index is 13.3. The van der Waals surface area contributed by atoms with Crippen LogP contribution in [0.1, 0.15) is 31.0 Å². The van der Waals surface area contributed by atoms with Gasteiger partial charge < -0.3 is 5.11 Å². The summed E-state index contributed by atoms with van der Waals surface area (Å²) in [7, 11) is 1.52. The monoisotopic (exact) mass is 343 g/mol. The molecular formula is C18H18FN3O3. The number of nitrogens with zero attached hydrogens (tertiary/aromatic N) is 2. The second-order valence-electron chi connectivity index (χ2n) is 6.19. The molecule has 0 spiro atoms. The first-order valence-electron chi connectivity index (χ1n) is 7.87. The van der Waals surface area contributed by atoms with Crippen molar-refractivity contribution in [1.29, 1.82) is 0 Å². The third kappa shape index (κ3) is 2.76. The summed E-state index contributed by atoms with van der Waals surface area (Å²) in [6.45, 7) is 3.49. The number of fused-ring (bicyclic) bond motifs is 1. The van der Waals surface area contributed by atoms with Crippen molar-refractivity contribution in [2.24, 2.45) is 7.05 Å². The fourth-order valence-electron chi connectivity index (χ4n) is 3.00. The van der Waals surface area contributed by atoms with Crippen molar-refractivity contribution in [3.8, 4) is 11.1 Å². The van der Waals surface area contributed by atoms with Gasteiger partial charge in [0.05, 0.1) is 17.7 Å². The third-order valence-electron chi connectivity index (χ3n) is 4.22. The third-order valence-corrected chi connectivity index (χ3v) is 4.22. The van der Waals surface area contributed by atoms with E-state index in [1.807, 2.05) is 13.8 Å². The van der Waals surface area contributed by atoms with Crippen molar-refractivity contribution >= 4 is 11.0 Å². The van der Waals surface area contributed by atoms with Crippen molar-refractivity contribution in [3.05, 3.63) is 62.2 Å². The average Bonchev–Trinajstić information content (AvgIpc) is 2.58. The Morgan fingerprint density at radius 2 is 1.88 bits per heavy atom. The van der Waals surface area contributed by atoms with Gasteiger partial charge in [0.15, 0.2) is 0 Å². The van der Waals surface area contributed by atoms with E-state index in [4.69, 9.17) is 0 Å². The van der Waals surface area contributed by atoms with Crippen molar-refractivity contribution in [2.45, 2.75) is 26.4 Å². The summed E-state index contributed by atoms with van der Waals surface area (Å²) in [6.07, 6.45) is 0. The van der Waals surface area contributed by atoms with Crippen molar-refractivity contribution < 1.29 is 9.50 Å². The Kier molecular flexibility index (Phi) is 4.26. The zero-order chi connectivity index (χ0) is 18.3. The van der Waals surface area contributed by atoms with Crippen LogP contribution in [-0.4, -0.2) is 19.6 Å². The Balaban J connectivity index is 2.59. The number of aromatic nitrogens is 3. The van der Waals surface area contributed by atoms with Crippen LogP contribution < -0.4 is 11.2 Å². The van der Waals surface area contributed by atoms with Crippen LogP contribution in [0, 0.1) is 5.82 Å². The van der Waals surface area contributed by atoms with E-state index in [0.717, 1.165) is 0 Å². The average molecular weight is 343 g/mol. The first-order valence-corrected chi connectivity index (χ1v) is 7.87. The van der Waals surface area contributed by atoms with Gasteiger partial charge in [0.25, 0.3) is 5.56 Å². The number of halogens is 1. The predicted molar refractivity (Wildman–Crippen MR) is 93.0 cm³/mol. The Morgan fingerprint density at radius 3 is 2.44 bits per heavy atom. The van der Waals surface area contributed by atoms with E-state index in [9.17, 15) is 19.1 Å². The summed E-state index contributed by atoms with van der Waals surface area (Å²) in [6, 6.07) is 5.65. The molecule has 0 atom stereocenters. The first kappa shape index (κ1) is 17.0. The highest BCUT2D eigenvalue weighted by Crippen LogP contribution is 2.33. The van der Waals surface area contributed by atoms with E-state index in [2.05, 4.69) is 9.97 Å². The molecule has 0 saturated carbocycles. The molecule has 2 heterocycles. The molecule has 0 saturated heterocycles. The molecule has 1 aromatic carbocycles. The predicted octanol–water partition coefficient (Wildman–Crippen LogP) is 2.04. The molecule has 0 amide bonds. The van der Waals surface area contributed by atoms with Gasteiger partial charge in [-0.2, -0.15) is 0 Å². The highest BCUT2D eigenvalue weighted by Gasteiger charge is 2.21. The number of aryl methyl sites for hydroxylation is 1. The fourth-order valence-corrected chi connectivity index (χ4v) is 3.00. The second-order valence-corrected chi connectivity index (χ2v) is 6.19. The lowest BCUT2D eigenvalue weighted by Gasteiger charge is -2.18. The van der Waals surface area contributed by atoms with Gasteiger partial charge in [0.2, 0.25) is 0 Å². The number of benzene rings is 1. The Hall–Kier alpha value is -2.80. The minimum Gasteiger partial charge on any atom is -0.392 e. The van der Waals surface area contributed by atoms with Crippen LogP contribution in [0.4, 0.5) is 4.39 Å². The maximum Gasteiger partial charge on any atom is 0.329 e. The standard InChI is InChI=1S/C18H18FN3O3/c1-9(2)15-12(8-23)13(10-4-6-11(19)7-5-10)14-16(20-15)22(3)18(25)21-17(14)24/h4-7,9,23H,8H2,1-3H3,(H,21,24,25). The van der Waals surface area contributed by atoms with Gasteiger partial charge >= 0.3 is 5.69 Å². The number of H-pyrrole nitrogens is 1. The topological polar surface area (TPSA) is 88.0 Å². The van der Waals surface area contributed by atoms with Gasteiger partial charge in [0.1, 0.15) is 11.5 Å². The smallest absolute Gasteiger partial charge is 0.329 e. The molecule has 0 aliphatic rings. The number of hydrogen-bond donors (Lipinski definition) is 2. The van der Waals surface area contributed by atoms with E-state index in [-0.39, 0.29) is 23.6 Å². The number of hydrogen-bond acceptors (Lipinski definition) is 4. The molecule has 6 nitrogen and oxygen atoms in total. The van der Waals surface area contributed by atoms with Crippen molar-refractivity contribution in [2.75, 3.05) is 0 Å². The van der Waals surface area contributed by atoms with Gasteiger partial charge in [-0.25, -0.2) is 14.2 Å². The van der Waals surface area contributed by atoms with Crippen LogP contribution in [0.25, 0.3) is 22.2 Å². The molecular weight excluding hydrogens is 325 g/mol. The van der Waals surface area contributed by atoms with Crippen molar-refractivity contribution in [3.63, 3.8) is 0 Å². The number of aromatic amines is 1. The Morgan fingerprint density at radius 1 is 1.24 bits per heavy atom. The number of rotatable bonds is 3. The zero-order valence-corrected chi connectivity index (χ0v) is 14.1. The Bertz CT molecular complexity index is 1070. The molecule has 0 aliphatic carbocycles. The summed E-state index contributed by atoms with van der Waals surface area (Å²) >= 11 is 0. The SMILES string of the molecule is CC(C)c1nc2c(c(-c3ccc(F)cc3)c1CO)c(=O)[nH]c(=O)n2C. The molecule has 0 aliphatic heterocycles. The maximum absolute atomic E-state index is 13.3. The minimum atomic E-state index is -0.588. The fraction of sp³-hybridized carbons (Fsp3) is 0.278. The van der Waals surface area contributed by atoms with E-state index in [0.29, 0.717) is 22.4 Å². The molecule has 2 N–H and O–H groups in total. The summed E-state index contributed by atoms with van der Waals surface area (Å²) in [4.78, 5) is 31.2. The molecule has 0 unspecified atom stereocenters. The highest BCUT2D eigenvalue weighted by atomic mass is 19.1. The molecule has 2 aromatic heterocycles. The first-order chi connectivity index (χ1) is 11.8. The van der Waals surface area contributed by atoms with Crippen LogP contribution in [0.5, 0.6) is 0 Å². The second kappa shape index (κ2) is 6.25. The quantitative estimate of drug-likeness (QED) is 0.762. The molecule has 0 fully saturated rings. The summed E-state index contributed by atoms with van der Waals surface area (Å²) in [5.74, 6) is -0.446. The van der Waals surface area contributed by atoms with Gasteiger partial charge in [-0.1, -0.05) is 26.0 Å². The molecule has 25 heavy (non-hydrogen) atoms. The summed E-state index contributed by atoms with van der Waals surface area (Å²) in [5, 5.41) is 10.1. The van der Waals surface area contributed by atoms with E-state index in [1.165, 1.54) is 35.9 Å². The number of aliphatic hydroxyl groups excluding tert-OH is 1. The lowest BCUT2D eigenvalue weighted by Crippen LogP contribution is -2.30. The number of pyridine rings is 1. The van der Waals surface area contributed by atoms with Crippen LogP contribution in [0.2, 0.25) is 0 Å². The molecule has 130 valence electrons. The van der Waals surface area contributed by atoms with Gasteiger partial charge in [0, 0.05) is 18.2 Å². The lowest BCUT2D eigenvalue weighted by molar-refractivity contribution is 0.280. The molecule has 7 heteroatoms. The van der Waals surface area contributed by atoms with Crippen LogP contribution in [-0.2, 0) is 13.7 Å². The van der Waals surface area contributed by atoms with Crippen LogP contribution in [0.3, 0.4) is 0 Å². The summed E-state index contributed by atoms with van der Waals surface area (Å²) < 4.78 is 14.6. The normalized spacial score (nSPS) is 11.4. The largest absolute Gasteiger partial charge is 0.392 e. The van der Waals surface area contributed by atoms with E-state index >= 15 is 0 Å². The summed E-state index contributed by atoms with van der Waals surface area (Å²) in [5.41, 5.74) is 1.20. The van der Waals surface area contributed by atoms with Gasteiger partial charge in [-0.05, 0) is 23.6 Å².